The number of likely N-dealkylation sites (tertiary alicyclic amines) is 1. The molecule has 0 spiro atoms. The number of hydrogen-bond acceptors (Lipinski definition) is 5. The highest BCUT2D eigenvalue weighted by Gasteiger charge is 2.37. The molecule has 1 heterocycles. The van der Waals surface area contributed by atoms with Crippen LogP contribution in [0.5, 0.6) is 0 Å². The van der Waals surface area contributed by atoms with Crippen molar-refractivity contribution in [1.82, 2.24) is 14.5 Å². The van der Waals surface area contributed by atoms with Crippen molar-refractivity contribution in [3.05, 3.63) is 35.9 Å². The van der Waals surface area contributed by atoms with E-state index in [9.17, 15) is 4.55 Å². The van der Waals surface area contributed by atoms with Crippen LogP contribution in [0.15, 0.2) is 30.3 Å². The lowest BCUT2D eigenvalue weighted by Crippen LogP contribution is -2.49. The first-order chi connectivity index (χ1) is 13.0. The number of nitrogens with one attached hydrogen (secondary N) is 1. The molecule has 0 radical (unpaired) electrons. The minimum atomic E-state index is -0.984. The Bertz CT molecular complexity index is 532. The Kier molecular flexibility index (Phi) is 7.99. The Balaban J connectivity index is 1.49. The molecule has 3 rings (SSSR count). The van der Waals surface area contributed by atoms with E-state index in [-0.39, 0.29) is 6.04 Å². The van der Waals surface area contributed by atoms with E-state index in [1.165, 1.54) is 18.4 Å². The number of rotatable bonds is 8. The molecular weight excluding hydrogens is 358 g/mol. The van der Waals surface area contributed by atoms with Crippen LogP contribution in [0.2, 0.25) is 0 Å². The molecule has 1 saturated heterocycles. The first-order valence-corrected chi connectivity index (χ1v) is 11.7. The highest BCUT2D eigenvalue weighted by molar-refractivity contribution is 7.88. The molecule has 0 amide bonds. The first-order valence-electron chi connectivity index (χ1n) is 10.2. The fourth-order valence-electron chi connectivity index (χ4n) is 4.55. The van der Waals surface area contributed by atoms with Crippen LogP contribution in [0.25, 0.3) is 0 Å². The molecule has 1 aromatic carbocycles. The minimum absolute atomic E-state index is 0.247. The lowest BCUT2D eigenvalue weighted by molar-refractivity contribution is -0.0121. The second kappa shape index (κ2) is 10.2. The van der Waals surface area contributed by atoms with Gasteiger partial charge in [0.05, 0.1) is 31.5 Å². The fraction of sp³-hybridized carbons (Fsp3) is 0.714. The summed E-state index contributed by atoms with van der Waals surface area (Å²) in [6, 6.07) is 11.4. The van der Waals surface area contributed by atoms with Crippen LogP contribution in [-0.2, 0) is 16.1 Å². The molecule has 6 heteroatoms. The maximum Gasteiger partial charge on any atom is 0.115 e. The van der Waals surface area contributed by atoms with Gasteiger partial charge >= 0.3 is 0 Å². The summed E-state index contributed by atoms with van der Waals surface area (Å²) in [5, 5.41) is 0. The van der Waals surface area contributed by atoms with Crippen molar-refractivity contribution in [2.45, 2.75) is 56.2 Å². The van der Waals surface area contributed by atoms with Gasteiger partial charge in [0.2, 0.25) is 0 Å². The molecular formula is C21H35N3O2S. The summed E-state index contributed by atoms with van der Waals surface area (Å²) < 4.78 is 21.3. The summed E-state index contributed by atoms with van der Waals surface area (Å²) in [5.41, 5.74) is 1.47. The van der Waals surface area contributed by atoms with E-state index < -0.39 is 11.4 Å². The molecule has 0 bridgehead atoms. The van der Waals surface area contributed by atoms with E-state index in [4.69, 9.17) is 4.74 Å². The number of ether oxygens (including phenoxy) is 1. The smallest absolute Gasteiger partial charge is 0.115 e. The zero-order valence-corrected chi connectivity index (χ0v) is 17.8. The Labute approximate surface area is 167 Å². The maximum atomic E-state index is 11.7. The maximum absolute atomic E-state index is 11.7. The summed E-state index contributed by atoms with van der Waals surface area (Å²) in [6.45, 7) is 2.68. The predicted octanol–water partition coefficient (Wildman–Crippen LogP) is 2.57. The Morgan fingerprint density at radius 2 is 1.85 bits per heavy atom. The van der Waals surface area contributed by atoms with Gasteiger partial charge in [-0.2, -0.15) is 0 Å². The lowest BCUT2D eigenvalue weighted by atomic mass is 9.83. The van der Waals surface area contributed by atoms with Crippen LogP contribution in [0, 0.1) is 0 Å². The summed E-state index contributed by atoms with van der Waals surface area (Å²) in [5.74, 6) is 0.680. The highest BCUT2D eigenvalue weighted by atomic mass is 32.2. The third-order valence-corrected chi connectivity index (χ3v) is 6.53. The van der Waals surface area contributed by atoms with E-state index in [2.05, 4.69) is 58.9 Å². The summed E-state index contributed by atoms with van der Waals surface area (Å²) in [7, 11) is 4.20. The van der Waals surface area contributed by atoms with Crippen molar-refractivity contribution in [2.24, 2.45) is 0 Å². The van der Waals surface area contributed by atoms with Crippen LogP contribution >= 0.6 is 0 Å². The second-order valence-corrected chi connectivity index (χ2v) is 9.43. The molecule has 1 aliphatic carbocycles. The molecule has 0 aromatic heterocycles. The molecule has 3 atom stereocenters. The van der Waals surface area contributed by atoms with E-state index in [1.54, 1.807) is 6.26 Å². The van der Waals surface area contributed by atoms with E-state index in [0.29, 0.717) is 18.1 Å². The topological polar surface area (TPSA) is 50.8 Å². The van der Waals surface area contributed by atoms with E-state index in [0.717, 1.165) is 39.1 Å². The van der Waals surface area contributed by atoms with Gasteiger partial charge in [-0.05, 0) is 57.7 Å². The van der Waals surface area contributed by atoms with Crippen LogP contribution in [-0.4, -0.2) is 72.7 Å². The predicted molar refractivity (Wildman–Crippen MR) is 112 cm³/mol. The van der Waals surface area contributed by atoms with Gasteiger partial charge in [-0.25, -0.2) is 0 Å². The molecule has 3 unspecified atom stereocenters. The normalized spacial score (nSPS) is 30.7. The van der Waals surface area contributed by atoms with Gasteiger partial charge in [0.1, 0.15) is 6.26 Å². The third-order valence-electron chi connectivity index (χ3n) is 5.89. The molecule has 152 valence electrons. The molecule has 1 N–H and O–H groups in total. The Morgan fingerprint density at radius 3 is 2.48 bits per heavy atom. The molecule has 2 aliphatic rings. The van der Waals surface area contributed by atoms with Gasteiger partial charge in [0.15, 0.2) is 0 Å². The average Bonchev–Trinajstić information content (AvgIpc) is 3.01. The van der Waals surface area contributed by atoms with Gasteiger partial charge in [-0.15, -0.1) is 4.72 Å². The zero-order chi connectivity index (χ0) is 19.2. The molecule has 1 saturated carbocycles. The zero-order valence-electron chi connectivity index (χ0n) is 17.0. The summed E-state index contributed by atoms with van der Waals surface area (Å²) in [6.07, 6.45) is 7.80. The van der Waals surface area contributed by atoms with Gasteiger partial charge in [0.25, 0.3) is 0 Å². The first kappa shape index (κ1) is 21.1. The van der Waals surface area contributed by atoms with Crippen molar-refractivity contribution in [2.75, 3.05) is 40.2 Å². The quantitative estimate of drug-likeness (QED) is 0.688. The van der Waals surface area contributed by atoms with Crippen LogP contribution < -0.4 is 4.72 Å². The molecule has 2 fully saturated rings. The monoisotopic (exact) mass is 393 g/mol. The molecule has 27 heavy (non-hydrogen) atoms. The third kappa shape index (κ3) is 6.17. The molecule has 1 aliphatic heterocycles. The lowest BCUT2D eigenvalue weighted by Gasteiger charge is -2.33. The van der Waals surface area contributed by atoms with E-state index >= 15 is 0 Å². The SMILES string of the molecule is CN(C)CN1CCC(N[S+](C)[O-])C1CO[C@H]1CC[C@@H](c2ccccc2)CC1. The van der Waals surface area contributed by atoms with Crippen LogP contribution in [0.1, 0.15) is 43.6 Å². The largest absolute Gasteiger partial charge is 0.598 e. The van der Waals surface area contributed by atoms with Crippen molar-refractivity contribution in [3.8, 4) is 0 Å². The van der Waals surface area contributed by atoms with Crippen molar-refractivity contribution < 1.29 is 9.29 Å². The van der Waals surface area contributed by atoms with Crippen LogP contribution in [0.4, 0.5) is 0 Å². The Morgan fingerprint density at radius 1 is 1.15 bits per heavy atom. The van der Waals surface area contributed by atoms with E-state index in [1.807, 2.05) is 0 Å². The fourth-order valence-corrected chi connectivity index (χ4v) is 5.25. The summed E-state index contributed by atoms with van der Waals surface area (Å²) in [4.78, 5) is 4.66. The minimum Gasteiger partial charge on any atom is -0.598 e. The van der Waals surface area contributed by atoms with Gasteiger partial charge in [0, 0.05) is 17.9 Å². The van der Waals surface area contributed by atoms with Crippen LogP contribution in [0.3, 0.4) is 0 Å². The summed E-state index contributed by atoms with van der Waals surface area (Å²) >= 11 is -0.984. The van der Waals surface area contributed by atoms with Gasteiger partial charge < -0.3 is 9.29 Å². The van der Waals surface area contributed by atoms with Crippen molar-refractivity contribution >= 4 is 11.4 Å². The number of nitrogens with zero attached hydrogens (tertiary/aromatic N) is 2. The number of hydrogen-bond donors (Lipinski definition) is 1. The van der Waals surface area contributed by atoms with Crippen molar-refractivity contribution in [1.29, 1.82) is 0 Å². The average molecular weight is 394 g/mol. The standard InChI is InChI=1S/C21H35N3O2S/c1-23(2)16-24-14-13-20(22-27(3)25)21(24)15-26-19-11-9-18(10-12-19)17-7-5-4-6-8-17/h4-8,18-22H,9-16H2,1-3H3/t18-,19+,20?,21?,27?. The number of benzene rings is 1. The van der Waals surface area contributed by atoms with Crippen molar-refractivity contribution in [3.63, 3.8) is 0 Å². The van der Waals surface area contributed by atoms with Gasteiger partial charge in [-0.1, -0.05) is 30.3 Å². The highest BCUT2D eigenvalue weighted by Crippen LogP contribution is 2.34. The second-order valence-electron chi connectivity index (χ2n) is 8.29. The molecule has 1 aromatic rings. The molecule has 5 nitrogen and oxygen atoms in total. The van der Waals surface area contributed by atoms with Gasteiger partial charge in [-0.3, -0.25) is 9.80 Å². The Hall–Kier alpha value is -0.630.